The minimum Gasteiger partial charge on any atom is -0.464 e. The second-order valence-electron chi connectivity index (χ2n) is 5.36. The normalized spacial score (nSPS) is 17.4. The van der Waals surface area contributed by atoms with Gasteiger partial charge in [0.25, 0.3) is 0 Å². The molecule has 2 rings (SSSR count). The molecule has 3 heteroatoms. The highest BCUT2D eigenvalue weighted by molar-refractivity contribution is 5.22. The van der Waals surface area contributed by atoms with Gasteiger partial charge in [-0.15, -0.1) is 5.92 Å². The van der Waals surface area contributed by atoms with Crippen LogP contribution in [0.5, 0.6) is 5.88 Å². The fraction of sp³-hybridized carbons (Fsp3) is 0.625. The second-order valence-corrected chi connectivity index (χ2v) is 5.36. The standard InChI is InChI=1S/C16H22N2O/c1-3-4-8-11-19-15-12-14(17-13-18-15)16(2)9-6-5-7-10-16/h12-13H,3,5-7,9-11H2,1-2H3. The minimum atomic E-state index is 0.189. The molecule has 0 aromatic carbocycles. The van der Waals surface area contributed by atoms with Crippen molar-refractivity contribution in [2.24, 2.45) is 0 Å². The Kier molecular flexibility index (Phi) is 4.79. The first-order valence-corrected chi connectivity index (χ1v) is 7.16. The lowest BCUT2D eigenvalue weighted by atomic mass is 9.73. The van der Waals surface area contributed by atoms with E-state index in [1.165, 1.54) is 32.1 Å². The van der Waals surface area contributed by atoms with Crippen molar-refractivity contribution >= 4 is 0 Å². The van der Waals surface area contributed by atoms with Crippen LogP contribution >= 0.6 is 0 Å². The van der Waals surface area contributed by atoms with E-state index < -0.39 is 0 Å². The predicted molar refractivity (Wildman–Crippen MR) is 76.0 cm³/mol. The van der Waals surface area contributed by atoms with E-state index in [4.69, 9.17) is 4.74 Å². The van der Waals surface area contributed by atoms with Crippen molar-refractivity contribution in [3.8, 4) is 17.7 Å². The molecule has 3 nitrogen and oxygen atoms in total. The molecule has 0 spiro atoms. The van der Waals surface area contributed by atoms with Gasteiger partial charge in [0.2, 0.25) is 5.88 Å². The van der Waals surface area contributed by atoms with E-state index in [0.29, 0.717) is 12.5 Å². The lowest BCUT2D eigenvalue weighted by Gasteiger charge is -2.32. The highest BCUT2D eigenvalue weighted by Gasteiger charge is 2.30. The summed E-state index contributed by atoms with van der Waals surface area (Å²) in [6.07, 6.45) is 8.81. The molecule has 1 aliphatic carbocycles. The Bertz CT molecular complexity index is 467. The average molecular weight is 258 g/mol. The Balaban J connectivity index is 2.05. The number of hydrogen-bond donors (Lipinski definition) is 0. The summed E-state index contributed by atoms with van der Waals surface area (Å²) in [5.41, 5.74) is 1.30. The zero-order valence-corrected chi connectivity index (χ0v) is 11.9. The molecule has 102 valence electrons. The first-order chi connectivity index (χ1) is 9.24. The molecular formula is C16H22N2O. The average Bonchev–Trinajstić information content (AvgIpc) is 2.45. The molecule has 1 fully saturated rings. The maximum Gasteiger partial charge on any atom is 0.217 e. The third kappa shape index (κ3) is 3.70. The zero-order chi connectivity index (χ0) is 13.6. The van der Waals surface area contributed by atoms with Crippen LogP contribution in [0.2, 0.25) is 0 Å². The largest absolute Gasteiger partial charge is 0.464 e. The monoisotopic (exact) mass is 258 g/mol. The molecule has 1 saturated carbocycles. The summed E-state index contributed by atoms with van der Waals surface area (Å²) in [6, 6.07) is 1.99. The van der Waals surface area contributed by atoms with Gasteiger partial charge in [-0.3, -0.25) is 0 Å². The van der Waals surface area contributed by atoms with Gasteiger partial charge in [-0.05, 0) is 12.8 Å². The topological polar surface area (TPSA) is 35.0 Å². The predicted octanol–water partition coefficient (Wildman–Crippen LogP) is 3.49. The summed E-state index contributed by atoms with van der Waals surface area (Å²) in [5.74, 6) is 6.59. The molecule has 1 heterocycles. The molecule has 0 N–H and O–H groups in total. The summed E-state index contributed by atoms with van der Waals surface area (Å²) in [7, 11) is 0. The third-order valence-electron chi connectivity index (χ3n) is 3.81. The van der Waals surface area contributed by atoms with Crippen LogP contribution < -0.4 is 4.74 Å². The summed E-state index contributed by atoms with van der Waals surface area (Å²) in [6.45, 7) is 4.73. The smallest absolute Gasteiger partial charge is 0.217 e. The lowest BCUT2D eigenvalue weighted by molar-refractivity contribution is 0.306. The molecule has 0 atom stereocenters. The highest BCUT2D eigenvalue weighted by Crippen LogP contribution is 2.38. The molecule has 1 aromatic heterocycles. The van der Waals surface area contributed by atoms with Crippen LogP contribution in [-0.2, 0) is 5.41 Å². The summed E-state index contributed by atoms with van der Waals surface area (Å²) < 4.78 is 5.56. The van der Waals surface area contributed by atoms with Gasteiger partial charge in [0.1, 0.15) is 6.33 Å². The number of rotatable bonds is 3. The van der Waals surface area contributed by atoms with Gasteiger partial charge in [0.05, 0.1) is 5.69 Å². The second kappa shape index (κ2) is 6.56. The number of hydrogen-bond acceptors (Lipinski definition) is 3. The van der Waals surface area contributed by atoms with E-state index in [0.717, 1.165) is 12.1 Å². The van der Waals surface area contributed by atoms with Crippen molar-refractivity contribution in [2.45, 2.75) is 57.8 Å². The van der Waals surface area contributed by atoms with E-state index >= 15 is 0 Å². The van der Waals surface area contributed by atoms with E-state index in [1.807, 2.05) is 13.0 Å². The van der Waals surface area contributed by atoms with Crippen molar-refractivity contribution < 1.29 is 4.74 Å². The summed E-state index contributed by atoms with van der Waals surface area (Å²) in [4.78, 5) is 8.61. The van der Waals surface area contributed by atoms with E-state index in [1.54, 1.807) is 6.33 Å². The quantitative estimate of drug-likeness (QED) is 0.778. The molecule has 1 aromatic rings. The van der Waals surface area contributed by atoms with Crippen LogP contribution in [0.25, 0.3) is 0 Å². The molecule has 19 heavy (non-hydrogen) atoms. The van der Waals surface area contributed by atoms with Crippen molar-refractivity contribution in [1.29, 1.82) is 0 Å². The molecule has 0 saturated heterocycles. The number of aromatic nitrogens is 2. The molecule has 0 aliphatic heterocycles. The Morgan fingerprint density at radius 1 is 1.21 bits per heavy atom. The van der Waals surface area contributed by atoms with Gasteiger partial charge in [-0.1, -0.05) is 39.0 Å². The van der Waals surface area contributed by atoms with Gasteiger partial charge in [0, 0.05) is 17.9 Å². The van der Waals surface area contributed by atoms with Crippen molar-refractivity contribution in [3.05, 3.63) is 18.1 Å². The highest BCUT2D eigenvalue weighted by atomic mass is 16.5. The number of nitrogens with zero attached hydrogens (tertiary/aromatic N) is 2. The van der Waals surface area contributed by atoms with Gasteiger partial charge in [0.15, 0.2) is 6.61 Å². The maximum atomic E-state index is 5.56. The van der Waals surface area contributed by atoms with E-state index in [9.17, 15) is 0 Å². The van der Waals surface area contributed by atoms with Crippen LogP contribution in [0.1, 0.15) is 58.1 Å². The number of ether oxygens (including phenoxy) is 1. The van der Waals surface area contributed by atoms with Crippen LogP contribution in [0, 0.1) is 11.8 Å². The van der Waals surface area contributed by atoms with Gasteiger partial charge < -0.3 is 4.74 Å². The minimum absolute atomic E-state index is 0.189. The first kappa shape index (κ1) is 13.9. The van der Waals surface area contributed by atoms with Crippen molar-refractivity contribution in [1.82, 2.24) is 9.97 Å². The van der Waals surface area contributed by atoms with Crippen LogP contribution in [0.3, 0.4) is 0 Å². The first-order valence-electron chi connectivity index (χ1n) is 7.16. The zero-order valence-electron chi connectivity index (χ0n) is 11.9. The SMILES string of the molecule is CCC#CCOc1cc(C2(C)CCCCC2)ncn1. The summed E-state index contributed by atoms with van der Waals surface area (Å²) >= 11 is 0. The third-order valence-corrected chi connectivity index (χ3v) is 3.81. The van der Waals surface area contributed by atoms with Crippen LogP contribution in [0.15, 0.2) is 12.4 Å². The Hall–Kier alpha value is -1.56. The molecule has 0 bridgehead atoms. The molecular weight excluding hydrogens is 236 g/mol. The van der Waals surface area contributed by atoms with Crippen molar-refractivity contribution in [2.75, 3.05) is 6.61 Å². The van der Waals surface area contributed by atoms with Crippen LogP contribution in [-0.4, -0.2) is 16.6 Å². The Morgan fingerprint density at radius 2 is 2.00 bits per heavy atom. The van der Waals surface area contributed by atoms with Crippen LogP contribution in [0.4, 0.5) is 0 Å². The summed E-state index contributed by atoms with van der Waals surface area (Å²) in [5, 5.41) is 0. The molecule has 0 amide bonds. The Morgan fingerprint density at radius 3 is 2.74 bits per heavy atom. The van der Waals surface area contributed by atoms with Gasteiger partial charge in [-0.2, -0.15) is 0 Å². The fourth-order valence-electron chi connectivity index (χ4n) is 2.62. The van der Waals surface area contributed by atoms with Gasteiger partial charge in [-0.25, -0.2) is 9.97 Å². The molecule has 1 aliphatic rings. The maximum absolute atomic E-state index is 5.56. The van der Waals surface area contributed by atoms with Gasteiger partial charge >= 0.3 is 0 Å². The molecule has 0 radical (unpaired) electrons. The lowest BCUT2D eigenvalue weighted by Crippen LogP contribution is -2.26. The van der Waals surface area contributed by atoms with E-state index in [2.05, 4.69) is 28.7 Å². The van der Waals surface area contributed by atoms with Crippen molar-refractivity contribution in [3.63, 3.8) is 0 Å². The Labute approximate surface area is 115 Å². The fourth-order valence-corrected chi connectivity index (χ4v) is 2.62. The van der Waals surface area contributed by atoms with E-state index in [-0.39, 0.29) is 5.41 Å². The molecule has 0 unspecified atom stereocenters.